The van der Waals surface area contributed by atoms with E-state index in [1.54, 1.807) is 0 Å². The van der Waals surface area contributed by atoms with Gasteiger partial charge in [0.1, 0.15) is 19.8 Å². The van der Waals surface area contributed by atoms with E-state index in [0.717, 1.165) is 33.0 Å². The topological polar surface area (TPSA) is 145 Å². The van der Waals surface area contributed by atoms with Crippen LogP contribution >= 0.6 is 0 Å². The molecule has 42 heavy (non-hydrogen) atoms. The Balaban J connectivity index is 1.46. The molecule has 3 atom stereocenters. The number of esters is 3. The first-order valence-electron chi connectivity index (χ1n) is 14.8. The van der Waals surface area contributed by atoms with E-state index in [0.29, 0.717) is 38.5 Å². The Morgan fingerprint density at radius 3 is 1.05 bits per heavy atom. The predicted molar refractivity (Wildman–Crippen MR) is 152 cm³/mol. The summed E-state index contributed by atoms with van der Waals surface area (Å²) < 4.78 is 18.5. The minimum absolute atomic E-state index is 0.235. The summed E-state index contributed by atoms with van der Waals surface area (Å²) in [4.78, 5) is 77.0. The molecule has 12 heteroatoms. The summed E-state index contributed by atoms with van der Waals surface area (Å²) >= 11 is 0. The monoisotopic (exact) mass is 585 g/mol. The number of hydrogen-bond donors (Lipinski definition) is 0. The molecule has 0 N–H and O–H groups in total. The van der Waals surface area contributed by atoms with Gasteiger partial charge in [-0.1, -0.05) is 36.5 Å². The molecule has 0 aromatic carbocycles. The summed E-state index contributed by atoms with van der Waals surface area (Å²) in [7, 11) is 0. The van der Waals surface area contributed by atoms with Crippen molar-refractivity contribution in [2.24, 2.45) is 17.8 Å². The van der Waals surface area contributed by atoms with Crippen LogP contribution in [0.1, 0.15) is 57.8 Å². The maximum Gasteiger partial charge on any atom is 0.336 e. The fourth-order valence-corrected chi connectivity index (χ4v) is 5.35. The molecule has 4 rings (SSSR count). The van der Waals surface area contributed by atoms with Crippen LogP contribution in [0.5, 0.6) is 0 Å². The van der Waals surface area contributed by atoms with Gasteiger partial charge in [-0.05, 0) is 57.8 Å². The number of carbonyl (C=O) groups is 3. The zero-order valence-electron chi connectivity index (χ0n) is 23.8. The van der Waals surface area contributed by atoms with E-state index in [4.69, 9.17) is 14.2 Å². The standard InChI is InChI=1S/C30H39N3O9/c34-25(22-10-4-1-5-11-22)40-19-16-31-28(37)32(17-20-41-26(35)23-12-6-2-7-13-23)30(39)33(29(31)38)18-21-42-27(36)24-14-8-3-9-15-24/h1-4,6,8,22-24H,5,7,9-21H2. The summed E-state index contributed by atoms with van der Waals surface area (Å²) in [5.74, 6) is -2.05. The molecule has 0 saturated heterocycles. The van der Waals surface area contributed by atoms with Crippen LogP contribution in [-0.2, 0) is 48.2 Å². The van der Waals surface area contributed by atoms with Gasteiger partial charge in [-0.3, -0.25) is 14.4 Å². The van der Waals surface area contributed by atoms with E-state index in [1.165, 1.54) is 0 Å². The van der Waals surface area contributed by atoms with Crippen LogP contribution < -0.4 is 17.1 Å². The van der Waals surface area contributed by atoms with Crippen molar-refractivity contribution in [1.29, 1.82) is 0 Å². The van der Waals surface area contributed by atoms with Crippen molar-refractivity contribution in [3.8, 4) is 0 Å². The number of rotatable bonds is 12. The van der Waals surface area contributed by atoms with E-state index >= 15 is 0 Å². The van der Waals surface area contributed by atoms with E-state index in [2.05, 4.69) is 0 Å². The van der Waals surface area contributed by atoms with Crippen molar-refractivity contribution in [2.75, 3.05) is 19.8 Å². The molecular formula is C30H39N3O9. The normalized spacial score (nSPS) is 21.6. The number of aromatic nitrogens is 3. The Labute approximate surface area is 243 Å². The Hall–Kier alpha value is -3.96. The second-order valence-electron chi connectivity index (χ2n) is 10.7. The van der Waals surface area contributed by atoms with Gasteiger partial charge >= 0.3 is 35.0 Å². The first kappa shape index (κ1) is 31.0. The predicted octanol–water partition coefficient (Wildman–Crippen LogP) is 1.87. The Morgan fingerprint density at radius 1 is 0.524 bits per heavy atom. The summed E-state index contributed by atoms with van der Waals surface area (Å²) in [5.41, 5.74) is -2.71. The SMILES string of the molecule is O=C(OCCn1c(=O)n(CCOC(=O)C2CC=CCC2)c(=O)n(CCOC(=O)C2CC=CCC2)c1=O)C1CC=CCC1. The molecule has 0 aliphatic heterocycles. The lowest BCUT2D eigenvalue weighted by molar-refractivity contribution is -0.149. The molecule has 0 spiro atoms. The zero-order valence-corrected chi connectivity index (χ0v) is 23.8. The maximum atomic E-state index is 13.2. The van der Waals surface area contributed by atoms with E-state index in [9.17, 15) is 28.8 Å². The van der Waals surface area contributed by atoms with Crippen LogP contribution in [0.4, 0.5) is 0 Å². The smallest absolute Gasteiger partial charge is 0.336 e. The Kier molecular flexibility index (Phi) is 11.3. The number of nitrogens with zero attached hydrogens (tertiary/aromatic N) is 3. The van der Waals surface area contributed by atoms with Crippen LogP contribution in [0, 0.1) is 17.8 Å². The van der Waals surface area contributed by atoms with E-state index in [-0.39, 0.29) is 57.2 Å². The highest BCUT2D eigenvalue weighted by molar-refractivity contribution is 5.73. The lowest BCUT2D eigenvalue weighted by Gasteiger charge is -2.18. The summed E-state index contributed by atoms with van der Waals surface area (Å²) in [6.07, 6.45) is 17.8. The van der Waals surface area contributed by atoms with Crippen molar-refractivity contribution in [2.45, 2.75) is 77.4 Å². The minimum Gasteiger partial charge on any atom is -0.464 e. The number of allylic oxidation sites excluding steroid dienone is 6. The highest BCUT2D eigenvalue weighted by Crippen LogP contribution is 2.21. The van der Waals surface area contributed by atoms with Crippen molar-refractivity contribution < 1.29 is 28.6 Å². The average Bonchev–Trinajstić information content (AvgIpc) is 3.03. The molecule has 0 bridgehead atoms. The Morgan fingerprint density at radius 2 is 0.810 bits per heavy atom. The van der Waals surface area contributed by atoms with Gasteiger partial charge < -0.3 is 14.2 Å². The second kappa shape index (κ2) is 15.3. The summed E-state index contributed by atoms with van der Waals surface area (Å²) in [5, 5.41) is 0. The van der Waals surface area contributed by atoms with Gasteiger partial charge in [0, 0.05) is 0 Å². The van der Waals surface area contributed by atoms with Crippen molar-refractivity contribution in [3.63, 3.8) is 0 Å². The highest BCUT2D eigenvalue weighted by Gasteiger charge is 2.24. The van der Waals surface area contributed by atoms with Crippen LogP contribution in [0.2, 0.25) is 0 Å². The molecule has 0 saturated carbocycles. The largest absolute Gasteiger partial charge is 0.464 e. The molecule has 3 unspecified atom stereocenters. The number of ether oxygens (including phenoxy) is 3. The van der Waals surface area contributed by atoms with Gasteiger partial charge in [-0.2, -0.15) is 0 Å². The molecular weight excluding hydrogens is 546 g/mol. The molecule has 1 aromatic rings. The molecule has 0 amide bonds. The lowest BCUT2D eigenvalue weighted by atomic mass is 9.95. The molecule has 12 nitrogen and oxygen atoms in total. The van der Waals surface area contributed by atoms with Gasteiger partial charge in [0.25, 0.3) is 0 Å². The lowest BCUT2D eigenvalue weighted by Crippen LogP contribution is -2.55. The van der Waals surface area contributed by atoms with E-state index in [1.807, 2.05) is 36.5 Å². The van der Waals surface area contributed by atoms with Crippen LogP contribution in [0.3, 0.4) is 0 Å². The molecule has 3 aliphatic carbocycles. The quantitative estimate of drug-likeness (QED) is 0.204. The van der Waals surface area contributed by atoms with Crippen LogP contribution in [-0.4, -0.2) is 51.4 Å². The Bertz CT molecular complexity index is 1200. The molecule has 0 radical (unpaired) electrons. The van der Waals surface area contributed by atoms with Gasteiger partial charge in [-0.25, -0.2) is 28.1 Å². The van der Waals surface area contributed by atoms with Gasteiger partial charge in [0.2, 0.25) is 0 Å². The van der Waals surface area contributed by atoms with E-state index < -0.39 is 35.0 Å². The van der Waals surface area contributed by atoms with Crippen molar-refractivity contribution in [1.82, 2.24) is 13.7 Å². The average molecular weight is 586 g/mol. The number of carbonyl (C=O) groups excluding carboxylic acids is 3. The molecule has 228 valence electrons. The third-order valence-corrected chi connectivity index (χ3v) is 7.87. The van der Waals surface area contributed by atoms with Gasteiger partial charge in [0.05, 0.1) is 37.4 Å². The molecule has 3 aliphatic rings. The fraction of sp³-hybridized carbons (Fsp3) is 0.600. The first-order chi connectivity index (χ1) is 20.4. The van der Waals surface area contributed by atoms with Crippen LogP contribution in [0.15, 0.2) is 50.8 Å². The van der Waals surface area contributed by atoms with Gasteiger partial charge in [-0.15, -0.1) is 0 Å². The number of hydrogen-bond acceptors (Lipinski definition) is 9. The van der Waals surface area contributed by atoms with Crippen molar-refractivity contribution in [3.05, 3.63) is 67.9 Å². The second-order valence-corrected chi connectivity index (χ2v) is 10.7. The zero-order chi connectivity index (χ0) is 29.9. The van der Waals surface area contributed by atoms with Gasteiger partial charge in [0.15, 0.2) is 0 Å². The van der Waals surface area contributed by atoms with Crippen LogP contribution in [0.25, 0.3) is 0 Å². The fourth-order valence-electron chi connectivity index (χ4n) is 5.35. The molecule has 1 aromatic heterocycles. The highest BCUT2D eigenvalue weighted by atomic mass is 16.5. The molecule has 1 heterocycles. The third-order valence-electron chi connectivity index (χ3n) is 7.87. The first-order valence-corrected chi connectivity index (χ1v) is 14.8. The summed E-state index contributed by atoms with van der Waals surface area (Å²) in [6.45, 7) is -1.51. The van der Waals surface area contributed by atoms with Crippen molar-refractivity contribution >= 4 is 17.9 Å². The third kappa shape index (κ3) is 8.07. The maximum absolute atomic E-state index is 13.2. The minimum atomic E-state index is -0.902. The molecule has 0 fully saturated rings. The summed E-state index contributed by atoms with van der Waals surface area (Å²) in [6, 6.07) is 0.